The molecule has 4 atom stereocenters. The number of aromatic nitrogens is 2. The molecule has 2 fully saturated rings. The number of fused-ring (bicyclic) bond motifs is 1. The fourth-order valence-corrected chi connectivity index (χ4v) is 5.65. The van der Waals surface area contributed by atoms with Gasteiger partial charge in [-0.2, -0.15) is 5.10 Å². The Morgan fingerprint density at radius 3 is 2.45 bits per heavy atom. The number of nitrogens with zero attached hydrogens (tertiary/aromatic N) is 2. The molecule has 1 aromatic carbocycles. The maximum absolute atomic E-state index is 12.9. The third-order valence-electron chi connectivity index (χ3n) is 7.60. The van der Waals surface area contributed by atoms with Gasteiger partial charge in [0.25, 0.3) is 0 Å². The van der Waals surface area contributed by atoms with Crippen LogP contribution in [0.15, 0.2) is 18.2 Å². The van der Waals surface area contributed by atoms with E-state index in [0.29, 0.717) is 30.7 Å². The van der Waals surface area contributed by atoms with Crippen LogP contribution in [0.2, 0.25) is 0 Å². The standard InChI is InChI=1S/C25H35N3O3/c1-15-16(2)27-28(17(15)3)13-12-23(29)26-25-20-9-7-6-8-19(20)24(25)18-10-11-21(30-4)22(14-18)31-5/h10-11,14,19-20,24-25H,6-9,12-13H2,1-5H3,(H,26,29)/t19-,20-,24-,25-/m0/s1. The number of rotatable bonds is 7. The predicted octanol–water partition coefficient (Wildman–Crippen LogP) is 4.30. The second kappa shape index (κ2) is 8.93. The monoisotopic (exact) mass is 425 g/mol. The van der Waals surface area contributed by atoms with Gasteiger partial charge in [0.2, 0.25) is 5.91 Å². The smallest absolute Gasteiger partial charge is 0.222 e. The van der Waals surface area contributed by atoms with Crippen molar-refractivity contribution >= 4 is 5.91 Å². The number of hydrogen-bond donors (Lipinski definition) is 1. The Kier molecular flexibility index (Phi) is 6.26. The molecule has 0 saturated heterocycles. The van der Waals surface area contributed by atoms with E-state index in [4.69, 9.17) is 9.47 Å². The Morgan fingerprint density at radius 2 is 1.81 bits per heavy atom. The van der Waals surface area contributed by atoms with Gasteiger partial charge < -0.3 is 14.8 Å². The summed E-state index contributed by atoms with van der Waals surface area (Å²) in [6.45, 7) is 6.79. The number of carbonyl (C=O) groups excluding carboxylic acids is 1. The molecular weight excluding hydrogens is 390 g/mol. The second-order valence-corrected chi connectivity index (χ2v) is 9.11. The molecule has 1 aromatic heterocycles. The Morgan fingerprint density at radius 1 is 1.10 bits per heavy atom. The lowest BCUT2D eigenvalue weighted by Crippen LogP contribution is -2.59. The van der Waals surface area contributed by atoms with Crippen molar-refractivity contribution in [2.45, 2.75) is 71.4 Å². The second-order valence-electron chi connectivity index (χ2n) is 9.11. The number of nitrogens with one attached hydrogen (secondary N) is 1. The van der Waals surface area contributed by atoms with E-state index in [-0.39, 0.29) is 11.9 Å². The molecule has 1 N–H and O–H groups in total. The van der Waals surface area contributed by atoms with Crippen molar-refractivity contribution in [3.63, 3.8) is 0 Å². The summed E-state index contributed by atoms with van der Waals surface area (Å²) < 4.78 is 12.9. The zero-order valence-corrected chi connectivity index (χ0v) is 19.4. The van der Waals surface area contributed by atoms with Crippen LogP contribution in [0.5, 0.6) is 11.5 Å². The van der Waals surface area contributed by atoms with Crippen LogP contribution in [0.1, 0.15) is 60.5 Å². The van der Waals surface area contributed by atoms with Gasteiger partial charge in [0.1, 0.15) is 0 Å². The van der Waals surface area contributed by atoms with E-state index in [1.165, 1.54) is 36.8 Å². The van der Waals surface area contributed by atoms with Crippen molar-refractivity contribution in [2.75, 3.05) is 14.2 Å². The van der Waals surface area contributed by atoms with Crippen LogP contribution in [0.3, 0.4) is 0 Å². The summed E-state index contributed by atoms with van der Waals surface area (Å²) in [5.74, 6) is 3.16. The van der Waals surface area contributed by atoms with Gasteiger partial charge in [0.15, 0.2) is 11.5 Å². The maximum atomic E-state index is 12.9. The van der Waals surface area contributed by atoms with Gasteiger partial charge in [-0.25, -0.2) is 0 Å². The van der Waals surface area contributed by atoms with Gasteiger partial charge in [-0.15, -0.1) is 0 Å². The Bertz CT molecular complexity index is 952. The van der Waals surface area contributed by atoms with Crippen LogP contribution in [-0.2, 0) is 11.3 Å². The zero-order valence-electron chi connectivity index (χ0n) is 19.4. The van der Waals surface area contributed by atoms with Crippen LogP contribution in [-0.4, -0.2) is 35.9 Å². The van der Waals surface area contributed by atoms with E-state index >= 15 is 0 Å². The number of methoxy groups -OCH3 is 2. The molecule has 1 heterocycles. The quantitative estimate of drug-likeness (QED) is 0.718. The molecule has 0 aliphatic heterocycles. The molecule has 6 heteroatoms. The lowest BCUT2D eigenvalue weighted by molar-refractivity contribution is -0.125. The van der Waals surface area contributed by atoms with E-state index in [2.05, 4.69) is 36.4 Å². The summed E-state index contributed by atoms with van der Waals surface area (Å²) >= 11 is 0. The SMILES string of the molecule is COc1ccc([C@H]2[C@H]3CCCC[C@@H]3[C@@H]2NC(=O)CCn2nc(C)c(C)c2C)cc1OC. The van der Waals surface area contributed by atoms with Crippen LogP contribution >= 0.6 is 0 Å². The molecule has 0 spiro atoms. The van der Waals surface area contributed by atoms with Crippen LogP contribution in [0.4, 0.5) is 0 Å². The van der Waals surface area contributed by atoms with Crippen molar-refractivity contribution in [1.29, 1.82) is 0 Å². The Labute approximate surface area is 185 Å². The lowest BCUT2D eigenvalue weighted by Gasteiger charge is -2.55. The number of benzene rings is 1. The minimum Gasteiger partial charge on any atom is -0.493 e. The van der Waals surface area contributed by atoms with Gasteiger partial charge in [-0.05, 0) is 68.7 Å². The normalized spacial score (nSPS) is 24.8. The molecule has 0 radical (unpaired) electrons. The maximum Gasteiger partial charge on any atom is 0.222 e. The van der Waals surface area contributed by atoms with Crippen LogP contribution in [0.25, 0.3) is 0 Å². The van der Waals surface area contributed by atoms with Gasteiger partial charge in [0.05, 0.1) is 19.9 Å². The van der Waals surface area contributed by atoms with E-state index < -0.39 is 0 Å². The highest BCUT2D eigenvalue weighted by Crippen LogP contribution is 2.55. The van der Waals surface area contributed by atoms with E-state index in [9.17, 15) is 4.79 Å². The lowest BCUT2D eigenvalue weighted by atomic mass is 9.53. The molecule has 2 aliphatic rings. The fourth-order valence-electron chi connectivity index (χ4n) is 5.65. The first kappa shape index (κ1) is 21.7. The van der Waals surface area contributed by atoms with Crippen molar-refractivity contribution in [1.82, 2.24) is 15.1 Å². The van der Waals surface area contributed by atoms with E-state index in [1.54, 1.807) is 14.2 Å². The average molecular weight is 426 g/mol. The first-order valence-electron chi connectivity index (χ1n) is 11.5. The van der Waals surface area contributed by atoms with Gasteiger partial charge in [-0.1, -0.05) is 18.9 Å². The molecule has 168 valence electrons. The number of amides is 1. The van der Waals surface area contributed by atoms with Crippen molar-refractivity contribution in [2.24, 2.45) is 11.8 Å². The molecular formula is C25H35N3O3. The summed E-state index contributed by atoms with van der Waals surface area (Å²) in [4.78, 5) is 12.9. The van der Waals surface area contributed by atoms with Gasteiger partial charge in [-0.3, -0.25) is 9.48 Å². The number of aryl methyl sites for hydroxylation is 2. The summed E-state index contributed by atoms with van der Waals surface area (Å²) in [7, 11) is 3.33. The number of hydrogen-bond acceptors (Lipinski definition) is 4. The molecule has 31 heavy (non-hydrogen) atoms. The highest BCUT2D eigenvalue weighted by atomic mass is 16.5. The molecule has 2 saturated carbocycles. The first-order chi connectivity index (χ1) is 14.9. The Balaban J connectivity index is 1.47. The van der Waals surface area contributed by atoms with E-state index in [1.807, 2.05) is 17.7 Å². The molecule has 2 aromatic rings. The van der Waals surface area contributed by atoms with Crippen LogP contribution < -0.4 is 14.8 Å². The zero-order chi connectivity index (χ0) is 22.1. The molecule has 0 bridgehead atoms. The minimum absolute atomic E-state index is 0.115. The average Bonchev–Trinajstić information content (AvgIpc) is 3.02. The van der Waals surface area contributed by atoms with Crippen molar-refractivity contribution < 1.29 is 14.3 Å². The summed E-state index contributed by atoms with van der Waals surface area (Å²) in [5.41, 5.74) is 4.62. The molecule has 1 amide bonds. The largest absolute Gasteiger partial charge is 0.493 e. The number of ether oxygens (including phenoxy) is 2. The third kappa shape index (κ3) is 4.04. The van der Waals surface area contributed by atoms with Crippen LogP contribution in [0, 0.1) is 32.6 Å². The topological polar surface area (TPSA) is 65.4 Å². The Hall–Kier alpha value is -2.50. The fraction of sp³-hybridized carbons (Fsp3) is 0.600. The molecule has 2 aliphatic carbocycles. The van der Waals surface area contributed by atoms with Crippen molar-refractivity contribution in [3.8, 4) is 11.5 Å². The van der Waals surface area contributed by atoms with E-state index in [0.717, 1.165) is 22.9 Å². The number of carbonyl (C=O) groups is 1. The molecule has 4 rings (SSSR count). The summed E-state index contributed by atoms with van der Waals surface area (Å²) in [5, 5.41) is 7.96. The first-order valence-corrected chi connectivity index (χ1v) is 11.5. The minimum atomic E-state index is 0.115. The van der Waals surface area contributed by atoms with Gasteiger partial charge in [0, 0.05) is 30.6 Å². The highest BCUT2D eigenvalue weighted by Gasteiger charge is 2.51. The summed E-state index contributed by atoms with van der Waals surface area (Å²) in [6, 6.07) is 6.40. The van der Waals surface area contributed by atoms with Gasteiger partial charge >= 0.3 is 0 Å². The van der Waals surface area contributed by atoms with Crippen molar-refractivity contribution in [3.05, 3.63) is 40.7 Å². The molecule has 6 nitrogen and oxygen atoms in total. The third-order valence-corrected chi connectivity index (χ3v) is 7.60. The predicted molar refractivity (Wildman–Crippen MR) is 121 cm³/mol. The summed E-state index contributed by atoms with van der Waals surface area (Å²) in [6.07, 6.45) is 5.44. The highest BCUT2D eigenvalue weighted by molar-refractivity contribution is 5.76. The molecule has 0 unspecified atom stereocenters.